The van der Waals surface area contributed by atoms with Crippen molar-refractivity contribution in [2.45, 2.75) is 25.8 Å². The quantitative estimate of drug-likeness (QED) is 0.783. The highest BCUT2D eigenvalue weighted by atomic mass is 19.1. The predicted octanol–water partition coefficient (Wildman–Crippen LogP) is 3.00. The summed E-state index contributed by atoms with van der Waals surface area (Å²) in [7, 11) is 0. The molecule has 1 atom stereocenters. The number of para-hydroxylation sites is 1. The molecule has 1 unspecified atom stereocenters. The molecule has 0 aromatic heterocycles. The number of anilines is 2. The Morgan fingerprint density at radius 1 is 1.24 bits per heavy atom. The van der Waals surface area contributed by atoms with Gasteiger partial charge in [0.1, 0.15) is 5.82 Å². The Morgan fingerprint density at radius 2 is 2.04 bits per heavy atom. The normalized spacial score (nSPS) is 14.4. The van der Waals surface area contributed by atoms with Crippen LogP contribution in [0.5, 0.6) is 0 Å². The van der Waals surface area contributed by atoms with Crippen LogP contribution in [0.1, 0.15) is 30.5 Å². The van der Waals surface area contributed by atoms with Gasteiger partial charge in [-0.3, -0.25) is 9.59 Å². The summed E-state index contributed by atoms with van der Waals surface area (Å²) in [5.74, 6) is -0.723. The van der Waals surface area contributed by atoms with Crippen LogP contribution in [0.25, 0.3) is 0 Å². The number of hydrogen-bond acceptors (Lipinski definition) is 3. The summed E-state index contributed by atoms with van der Waals surface area (Å²) in [6, 6.07) is 11.9. The van der Waals surface area contributed by atoms with Crippen LogP contribution < -0.4 is 16.0 Å². The van der Waals surface area contributed by atoms with Crippen LogP contribution in [-0.2, 0) is 16.0 Å². The fourth-order valence-electron chi connectivity index (χ4n) is 2.79. The van der Waals surface area contributed by atoms with Crippen LogP contribution in [0.2, 0.25) is 0 Å². The zero-order chi connectivity index (χ0) is 17.8. The van der Waals surface area contributed by atoms with Crippen molar-refractivity contribution in [3.8, 4) is 0 Å². The van der Waals surface area contributed by atoms with E-state index in [1.54, 1.807) is 12.1 Å². The molecule has 0 spiro atoms. The Labute approximate surface area is 145 Å². The molecule has 6 heteroatoms. The number of fused-ring (bicyclic) bond motifs is 1. The third-order valence-electron chi connectivity index (χ3n) is 4.24. The maximum Gasteiger partial charge on any atom is 0.238 e. The summed E-state index contributed by atoms with van der Waals surface area (Å²) in [4.78, 5) is 23.4. The molecule has 2 aromatic rings. The van der Waals surface area contributed by atoms with Crippen molar-refractivity contribution in [3.63, 3.8) is 0 Å². The van der Waals surface area contributed by atoms with Gasteiger partial charge in [-0.05, 0) is 42.7 Å². The molecule has 0 radical (unpaired) electrons. The summed E-state index contributed by atoms with van der Waals surface area (Å²) in [5, 5.41) is 8.53. The second kappa shape index (κ2) is 7.44. The van der Waals surface area contributed by atoms with Crippen LogP contribution in [0.4, 0.5) is 15.8 Å². The zero-order valence-electron chi connectivity index (χ0n) is 13.9. The Balaban J connectivity index is 1.57. The first-order chi connectivity index (χ1) is 12.0. The SMILES string of the molecule is CC(NCC(=O)Nc1ccccc1F)c1ccc2c(c1)CCC(=O)N2. The maximum atomic E-state index is 13.5. The smallest absolute Gasteiger partial charge is 0.238 e. The first-order valence-corrected chi connectivity index (χ1v) is 8.23. The number of halogens is 1. The number of rotatable bonds is 5. The van der Waals surface area contributed by atoms with Crippen LogP contribution in [0, 0.1) is 5.82 Å². The minimum atomic E-state index is -0.458. The van der Waals surface area contributed by atoms with Crippen LogP contribution >= 0.6 is 0 Å². The molecule has 0 saturated carbocycles. The van der Waals surface area contributed by atoms with Crippen LogP contribution in [0.15, 0.2) is 42.5 Å². The van der Waals surface area contributed by atoms with Crippen molar-refractivity contribution in [1.29, 1.82) is 0 Å². The minimum Gasteiger partial charge on any atom is -0.326 e. The monoisotopic (exact) mass is 341 g/mol. The molecule has 0 bridgehead atoms. The molecule has 3 rings (SSSR count). The molecule has 1 aliphatic heterocycles. The lowest BCUT2D eigenvalue weighted by Gasteiger charge is -2.20. The third kappa shape index (κ3) is 4.22. The predicted molar refractivity (Wildman–Crippen MR) is 94.8 cm³/mol. The topological polar surface area (TPSA) is 70.2 Å². The Kier molecular flexibility index (Phi) is 5.09. The van der Waals surface area contributed by atoms with Crippen molar-refractivity contribution in [1.82, 2.24) is 5.32 Å². The van der Waals surface area contributed by atoms with Gasteiger partial charge in [-0.1, -0.05) is 24.3 Å². The molecule has 1 heterocycles. The minimum absolute atomic E-state index is 0.0382. The number of benzene rings is 2. The van der Waals surface area contributed by atoms with Crippen molar-refractivity contribution in [2.24, 2.45) is 0 Å². The van der Waals surface area contributed by atoms with Gasteiger partial charge in [-0.25, -0.2) is 4.39 Å². The summed E-state index contributed by atoms with van der Waals surface area (Å²) in [5.41, 5.74) is 3.16. The van der Waals surface area contributed by atoms with E-state index in [2.05, 4.69) is 16.0 Å². The fraction of sp³-hybridized carbons (Fsp3) is 0.263. The molecule has 0 saturated heterocycles. The van der Waals surface area contributed by atoms with Crippen molar-refractivity contribution >= 4 is 23.2 Å². The lowest BCUT2D eigenvalue weighted by atomic mass is 9.98. The van der Waals surface area contributed by atoms with Crippen molar-refractivity contribution in [3.05, 3.63) is 59.4 Å². The first kappa shape index (κ1) is 17.1. The van der Waals surface area contributed by atoms with Gasteiger partial charge in [0.15, 0.2) is 0 Å². The number of carbonyl (C=O) groups excluding carboxylic acids is 2. The molecular weight excluding hydrogens is 321 g/mol. The molecule has 0 aliphatic carbocycles. The highest BCUT2D eigenvalue weighted by Crippen LogP contribution is 2.26. The van der Waals surface area contributed by atoms with Crippen LogP contribution in [0.3, 0.4) is 0 Å². The Bertz CT molecular complexity index is 807. The highest BCUT2D eigenvalue weighted by Gasteiger charge is 2.16. The standard InChI is InChI=1S/C19H20FN3O2/c1-12(13-6-8-16-14(10-13)7-9-18(24)22-16)21-11-19(25)23-17-5-3-2-4-15(17)20/h2-6,8,10,12,21H,7,9,11H2,1H3,(H,22,24)(H,23,25). The molecule has 5 nitrogen and oxygen atoms in total. The number of carbonyl (C=O) groups is 2. The summed E-state index contributed by atoms with van der Waals surface area (Å²) < 4.78 is 13.5. The van der Waals surface area contributed by atoms with E-state index in [1.807, 2.05) is 25.1 Å². The van der Waals surface area contributed by atoms with Gasteiger partial charge in [-0.15, -0.1) is 0 Å². The van der Waals surface area contributed by atoms with E-state index in [0.717, 1.165) is 23.2 Å². The Morgan fingerprint density at radius 3 is 2.84 bits per heavy atom. The van der Waals surface area contributed by atoms with Crippen molar-refractivity contribution < 1.29 is 14.0 Å². The average molecular weight is 341 g/mol. The number of amides is 2. The van der Waals surface area contributed by atoms with Crippen LogP contribution in [-0.4, -0.2) is 18.4 Å². The summed E-state index contributed by atoms with van der Waals surface area (Å²) >= 11 is 0. The van der Waals surface area contributed by atoms with E-state index < -0.39 is 5.82 Å². The number of aryl methyl sites for hydroxylation is 1. The summed E-state index contributed by atoms with van der Waals surface area (Å²) in [6.07, 6.45) is 1.21. The van der Waals surface area contributed by atoms with E-state index >= 15 is 0 Å². The molecular formula is C19H20FN3O2. The first-order valence-electron chi connectivity index (χ1n) is 8.23. The second-order valence-electron chi connectivity index (χ2n) is 6.10. The average Bonchev–Trinajstić information content (AvgIpc) is 2.61. The maximum absolute atomic E-state index is 13.5. The fourth-order valence-corrected chi connectivity index (χ4v) is 2.79. The lowest BCUT2D eigenvalue weighted by Crippen LogP contribution is -2.30. The van der Waals surface area contributed by atoms with E-state index in [0.29, 0.717) is 6.42 Å². The van der Waals surface area contributed by atoms with E-state index in [9.17, 15) is 14.0 Å². The second-order valence-corrected chi connectivity index (χ2v) is 6.10. The highest BCUT2D eigenvalue weighted by molar-refractivity contribution is 5.94. The molecule has 1 aliphatic rings. The van der Waals surface area contributed by atoms with Gasteiger partial charge in [0.2, 0.25) is 11.8 Å². The third-order valence-corrected chi connectivity index (χ3v) is 4.24. The van der Waals surface area contributed by atoms with E-state index in [4.69, 9.17) is 0 Å². The Hall–Kier alpha value is -2.73. The van der Waals surface area contributed by atoms with E-state index in [-0.39, 0.29) is 30.1 Å². The molecule has 3 N–H and O–H groups in total. The largest absolute Gasteiger partial charge is 0.326 e. The molecule has 25 heavy (non-hydrogen) atoms. The number of hydrogen-bond donors (Lipinski definition) is 3. The van der Waals surface area contributed by atoms with E-state index in [1.165, 1.54) is 12.1 Å². The molecule has 130 valence electrons. The van der Waals surface area contributed by atoms with Crippen molar-refractivity contribution in [2.75, 3.05) is 17.2 Å². The molecule has 0 fully saturated rings. The molecule has 2 aromatic carbocycles. The van der Waals surface area contributed by atoms with Gasteiger partial charge in [0.05, 0.1) is 12.2 Å². The van der Waals surface area contributed by atoms with Gasteiger partial charge < -0.3 is 16.0 Å². The zero-order valence-corrected chi connectivity index (χ0v) is 13.9. The number of nitrogens with one attached hydrogen (secondary N) is 3. The van der Waals surface area contributed by atoms with Gasteiger partial charge in [0, 0.05) is 18.2 Å². The molecule has 2 amide bonds. The lowest BCUT2D eigenvalue weighted by molar-refractivity contribution is -0.116. The van der Waals surface area contributed by atoms with Gasteiger partial charge in [-0.2, -0.15) is 0 Å². The van der Waals surface area contributed by atoms with Gasteiger partial charge >= 0.3 is 0 Å². The summed E-state index contributed by atoms with van der Waals surface area (Å²) in [6.45, 7) is 2.03. The van der Waals surface area contributed by atoms with Gasteiger partial charge in [0.25, 0.3) is 0 Å².